The van der Waals surface area contributed by atoms with Crippen LogP contribution in [-0.2, 0) is 0 Å². The third kappa shape index (κ3) is 4.69. The van der Waals surface area contributed by atoms with Gasteiger partial charge in [-0.05, 0) is 24.3 Å². The van der Waals surface area contributed by atoms with Gasteiger partial charge in [-0.25, -0.2) is 4.39 Å². The molecule has 0 bridgehead atoms. The summed E-state index contributed by atoms with van der Waals surface area (Å²) in [6, 6.07) is 26.5. The fraction of sp³-hybridized carbons (Fsp3) is 0. The summed E-state index contributed by atoms with van der Waals surface area (Å²) in [5.41, 5.74) is 1.12. The molecular formula is C19H15FO. The minimum Gasteiger partial charge on any atom is -0.289 e. The molecule has 0 aliphatic rings. The first-order valence-electron chi connectivity index (χ1n) is 6.63. The van der Waals surface area contributed by atoms with Gasteiger partial charge in [0.05, 0.1) is 0 Å². The summed E-state index contributed by atoms with van der Waals surface area (Å²) in [7, 11) is 0. The number of rotatable bonds is 2. The van der Waals surface area contributed by atoms with Crippen molar-refractivity contribution in [1.29, 1.82) is 0 Å². The highest BCUT2D eigenvalue weighted by Crippen LogP contribution is 2.10. The number of carbonyl (C=O) groups excluding carboxylic acids is 1. The molecule has 0 aliphatic heterocycles. The van der Waals surface area contributed by atoms with Gasteiger partial charge in [-0.2, -0.15) is 0 Å². The summed E-state index contributed by atoms with van der Waals surface area (Å²) in [6.45, 7) is 0. The Morgan fingerprint density at radius 3 is 1.43 bits per heavy atom. The van der Waals surface area contributed by atoms with Gasteiger partial charge < -0.3 is 0 Å². The first-order valence-corrected chi connectivity index (χ1v) is 6.63. The van der Waals surface area contributed by atoms with Gasteiger partial charge >= 0.3 is 0 Å². The van der Waals surface area contributed by atoms with Crippen molar-refractivity contribution >= 4 is 5.78 Å². The van der Waals surface area contributed by atoms with E-state index in [0.717, 1.165) is 0 Å². The monoisotopic (exact) mass is 278 g/mol. The third-order valence-electron chi connectivity index (χ3n) is 2.81. The van der Waals surface area contributed by atoms with E-state index in [1.165, 1.54) is 24.3 Å². The van der Waals surface area contributed by atoms with E-state index in [-0.39, 0.29) is 11.6 Å². The van der Waals surface area contributed by atoms with Gasteiger partial charge in [0.15, 0.2) is 5.78 Å². The second-order valence-electron chi connectivity index (χ2n) is 4.36. The van der Waals surface area contributed by atoms with E-state index in [1.807, 2.05) is 42.5 Å². The van der Waals surface area contributed by atoms with Crippen LogP contribution in [0.3, 0.4) is 0 Å². The average Bonchev–Trinajstić information content (AvgIpc) is 2.58. The lowest BCUT2D eigenvalue weighted by Gasteiger charge is -2.00. The summed E-state index contributed by atoms with van der Waals surface area (Å²) in [5, 5.41) is 0. The number of carbonyl (C=O) groups is 1. The highest BCUT2D eigenvalue weighted by molar-refractivity contribution is 6.08. The van der Waals surface area contributed by atoms with Crippen LogP contribution in [0.15, 0.2) is 91.0 Å². The maximum absolute atomic E-state index is 12.6. The predicted molar refractivity (Wildman–Crippen MR) is 82.7 cm³/mol. The number of hydrogen-bond acceptors (Lipinski definition) is 1. The van der Waals surface area contributed by atoms with E-state index in [2.05, 4.69) is 0 Å². The van der Waals surface area contributed by atoms with Gasteiger partial charge in [0.1, 0.15) is 5.82 Å². The molecule has 0 amide bonds. The molecule has 0 radical (unpaired) electrons. The lowest BCUT2D eigenvalue weighted by Crippen LogP contribution is -2.00. The molecule has 3 aromatic carbocycles. The second-order valence-corrected chi connectivity index (χ2v) is 4.36. The molecule has 1 nitrogen and oxygen atoms in total. The summed E-state index contributed by atoms with van der Waals surface area (Å²) < 4.78 is 12.6. The predicted octanol–water partition coefficient (Wildman–Crippen LogP) is 4.74. The van der Waals surface area contributed by atoms with Crippen molar-refractivity contribution in [3.63, 3.8) is 0 Å². The molecule has 0 unspecified atom stereocenters. The lowest BCUT2D eigenvalue weighted by atomic mass is 10.0. The van der Waals surface area contributed by atoms with Crippen LogP contribution in [0.25, 0.3) is 0 Å². The Balaban J connectivity index is 0.000000225. The largest absolute Gasteiger partial charge is 0.289 e. The normalized spacial score (nSPS) is 9.38. The zero-order valence-corrected chi connectivity index (χ0v) is 11.4. The van der Waals surface area contributed by atoms with Crippen molar-refractivity contribution in [3.05, 3.63) is 108 Å². The highest BCUT2D eigenvalue weighted by Gasteiger charge is 2.07. The van der Waals surface area contributed by atoms with Gasteiger partial charge in [-0.1, -0.05) is 66.7 Å². The van der Waals surface area contributed by atoms with E-state index in [1.54, 1.807) is 24.3 Å². The number of halogens is 1. The van der Waals surface area contributed by atoms with Crippen LogP contribution in [0.4, 0.5) is 4.39 Å². The molecule has 104 valence electrons. The SMILES string of the molecule is O=C(c1ccccc1)c1ccc(F)cc1.c1ccccc1. The first-order chi connectivity index (χ1) is 10.3. The van der Waals surface area contributed by atoms with E-state index in [9.17, 15) is 9.18 Å². The van der Waals surface area contributed by atoms with Crippen LogP contribution in [-0.4, -0.2) is 5.78 Å². The maximum Gasteiger partial charge on any atom is 0.193 e. The van der Waals surface area contributed by atoms with Gasteiger partial charge in [0.25, 0.3) is 0 Å². The van der Waals surface area contributed by atoms with Crippen LogP contribution in [0.2, 0.25) is 0 Å². The Morgan fingerprint density at radius 1 is 0.571 bits per heavy atom. The number of benzene rings is 3. The molecule has 3 aromatic rings. The van der Waals surface area contributed by atoms with Crippen LogP contribution in [0.1, 0.15) is 15.9 Å². The van der Waals surface area contributed by atoms with Crippen molar-refractivity contribution in [2.45, 2.75) is 0 Å². The minimum atomic E-state index is -0.334. The molecule has 0 saturated heterocycles. The van der Waals surface area contributed by atoms with Crippen molar-refractivity contribution in [2.24, 2.45) is 0 Å². The Kier molecular flexibility index (Phi) is 5.41. The molecule has 2 heteroatoms. The number of ketones is 1. The second kappa shape index (κ2) is 7.75. The van der Waals surface area contributed by atoms with E-state index < -0.39 is 0 Å². The van der Waals surface area contributed by atoms with E-state index in [0.29, 0.717) is 11.1 Å². The zero-order chi connectivity index (χ0) is 14.9. The average molecular weight is 278 g/mol. The molecular weight excluding hydrogens is 263 g/mol. The minimum absolute atomic E-state index is 0.0874. The highest BCUT2D eigenvalue weighted by atomic mass is 19.1. The Bertz CT molecular complexity index is 634. The zero-order valence-electron chi connectivity index (χ0n) is 11.4. The number of hydrogen-bond donors (Lipinski definition) is 0. The molecule has 0 saturated carbocycles. The molecule has 0 N–H and O–H groups in total. The van der Waals surface area contributed by atoms with Crippen molar-refractivity contribution in [3.8, 4) is 0 Å². The van der Waals surface area contributed by atoms with Crippen LogP contribution in [0, 0.1) is 5.82 Å². The van der Waals surface area contributed by atoms with Gasteiger partial charge in [-0.15, -0.1) is 0 Å². The van der Waals surface area contributed by atoms with E-state index >= 15 is 0 Å². The van der Waals surface area contributed by atoms with Gasteiger partial charge in [0, 0.05) is 11.1 Å². The fourth-order valence-corrected chi connectivity index (χ4v) is 1.74. The van der Waals surface area contributed by atoms with Crippen molar-refractivity contribution in [2.75, 3.05) is 0 Å². The molecule has 0 heterocycles. The van der Waals surface area contributed by atoms with Crippen LogP contribution < -0.4 is 0 Å². The van der Waals surface area contributed by atoms with Crippen LogP contribution >= 0.6 is 0 Å². The summed E-state index contributed by atoms with van der Waals surface area (Å²) in [4.78, 5) is 11.8. The lowest BCUT2D eigenvalue weighted by molar-refractivity contribution is 0.103. The van der Waals surface area contributed by atoms with Crippen molar-refractivity contribution < 1.29 is 9.18 Å². The molecule has 0 fully saturated rings. The molecule has 21 heavy (non-hydrogen) atoms. The first kappa shape index (κ1) is 14.7. The molecule has 0 aromatic heterocycles. The van der Waals surface area contributed by atoms with Crippen molar-refractivity contribution in [1.82, 2.24) is 0 Å². The van der Waals surface area contributed by atoms with Crippen LogP contribution in [0.5, 0.6) is 0 Å². The quantitative estimate of drug-likeness (QED) is 0.619. The van der Waals surface area contributed by atoms with Gasteiger partial charge in [0.2, 0.25) is 0 Å². The summed E-state index contributed by atoms with van der Waals surface area (Å²) in [6.07, 6.45) is 0. The fourth-order valence-electron chi connectivity index (χ4n) is 1.74. The molecule has 0 aliphatic carbocycles. The molecule has 3 rings (SSSR count). The smallest absolute Gasteiger partial charge is 0.193 e. The third-order valence-corrected chi connectivity index (χ3v) is 2.81. The summed E-state index contributed by atoms with van der Waals surface area (Å²) in [5.74, 6) is -0.421. The van der Waals surface area contributed by atoms with E-state index in [4.69, 9.17) is 0 Å². The Labute approximate surface area is 123 Å². The Morgan fingerprint density at radius 2 is 0.952 bits per heavy atom. The standard InChI is InChI=1S/C13H9FO.C6H6/c14-12-8-6-11(7-9-12)13(15)10-4-2-1-3-5-10;1-2-4-6-5-3-1/h1-9H;1-6H. The summed E-state index contributed by atoms with van der Waals surface area (Å²) >= 11 is 0. The Hall–Kier alpha value is -2.74. The topological polar surface area (TPSA) is 17.1 Å². The maximum atomic E-state index is 12.6. The molecule has 0 atom stereocenters. The van der Waals surface area contributed by atoms with Gasteiger partial charge in [-0.3, -0.25) is 4.79 Å². The molecule has 0 spiro atoms.